The summed E-state index contributed by atoms with van der Waals surface area (Å²) in [6.07, 6.45) is 3.51. The van der Waals surface area contributed by atoms with Crippen LogP contribution in [0.25, 0.3) is 55.8 Å². The summed E-state index contributed by atoms with van der Waals surface area (Å²) in [6.45, 7) is 24.9. The first kappa shape index (κ1) is 49.5. The summed E-state index contributed by atoms with van der Waals surface area (Å²) in [4.78, 5) is 32.2. The molecule has 0 atom stereocenters. The number of aromatic nitrogens is 6. The van der Waals surface area contributed by atoms with Crippen LogP contribution in [0.15, 0.2) is 128 Å². The largest absolute Gasteiger partial charge is 0.494 e. The predicted octanol–water partition coefficient (Wildman–Crippen LogP) is 13.0. The van der Waals surface area contributed by atoms with Crippen molar-refractivity contribution in [3.8, 4) is 34.0 Å². The third-order valence-corrected chi connectivity index (χ3v) is 15.5. The minimum absolute atomic E-state index is 0.100. The van der Waals surface area contributed by atoms with Crippen molar-refractivity contribution in [1.29, 1.82) is 0 Å². The summed E-state index contributed by atoms with van der Waals surface area (Å²) in [6, 6.07) is 36.1. The molecule has 1 fully saturated rings. The topological polar surface area (TPSA) is 128 Å². The molecule has 12 rings (SSSR count). The fourth-order valence-electron chi connectivity index (χ4n) is 11.1. The zero-order valence-electron chi connectivity index (χ0n) is 44.3. The van der Waals surface area contributed by atoms with Crippen molar-refractivity contribution in [2.75, 3.05) is 28.6 Å². The monoisotopic (exact) mass is 999 g/mol. The van der Waals surface area contributed by atoms with E-state index in [2.05, 4.69) is 135 Å². The summed E-state index contributed by atoms with van der Waals surface area (Å²) in [5.41, 5.74) is 21.4. The van der Waals surface area contributed by atoms with Gasteiger partial charge in [-0.15, -0.1) is 0 Å². The number of nitrogens with two attached hydrogens (primary N) is 1. The Hall–Kier alpha value is -7.68. The van der Waals surface area contributed by atoms with E-state index in [1.165, 1.54) is 35.4 Å². The zero-order chi connectivity index (χ0) is 52.9. The van der Waals surface area contributed by atoms with Crippen LogP contribution in [0.2, 0.25) is 0 Å². The Morgan fingerprint density at radius 2 is 1.03 bits per heavy atom. The second-order valence-electron chi connectivity index (χ2n) is 22.4. The van der Waals surface area contributed by atoms with Gasteiger partial charge < -0.3 is 24.8 Å². The number of benzene rings is 4. The number of fused-ring (bicyclic) bond motifs is 4. The van der Waals surface area contributed by atoms with Crippen molar-refractivity contribution in [2.24, 2.45) is 0 Å². The van der Waals surface area contributed by atoms with E-state index in [0.717, 1.165) is 103 Å². The highest BCUT2D eigenvalue weighted by Gasteiger charge is 2.52. The lowest BCUT2D eigenvalue weighted by atomic mass is 9.77. The highest BCUT2D eigenvalue weighted by atomic mass is 19.1. The van der Waals surface area contributed by atoms with E-state index in [4.69, 9.17) is 25.0 Å². The Bertz CT molecular complexity index is 3700. The van der Waals surface area contributed by atoms with Gasteiger partial charge in [0.1, 0.15) is 11.6 Å². The Balaban J connectivity index is 0.000000161. The summed E-state index contributed by atoms with van der Waals surface area (Å²) < 4.78 is 41.5. The number of anilines is 5. The summed E-state index contributed by atoms with van der Waals surface area (Å²) >= 11 is 0. The van der Waals surface area contributed by atoms with Crippen LogP contribution in [0.3, 0.4) is 0 Å². The Morgan fingerprint density at radius 3 is 1.51 bits per heavy atom. The molecule has 5 aromatic heterocycles. The number of hydrogen-bond donors (Lipinski definition) is 1. The summed E-state index contributed by atoms with van der Waals surface area (Å²) in [5.74, 6) is -0.370. The standard InChI is InChI=1S/C31H33BFN3O2.C30H27FN6/c1-19-27(24-10-8-9-15-34-24)35-25-17-21(33)12-13-22(25)28(19)36-18-29(2,3)23-14-11-20(16-26(23)36)32-37-30(4,5)31(6,7)38-32;1-17-13-24(36-29(32)34-17)19-8-11-22-26(14-19)37(16-30(22,3)4)28-18(2)27(23-7-5-6-12-33-23)35-25-15-20(31)9-10-21(25)28/h8-17H,18H2,1-7H3;5-15H,16H2,1-4H3,(H2,32,34,36). The number of pyridine rings is 4. The molecule has 0 aliphatic carbocycles. The molecule has 11 nitrogen and oxygen atoms in total. The maximum absolute atomic E-state index is 14.4. The van der Waals surface area contributed by atoms with Crippen LogP contribution in [0.4, 0.5) is 37.5 Å². The zero-order valence-corrected chi connectivity index (χ0v) is 44.3. The van der Waals surface area contributed by atoms with Crippen LogP contribution in [0, 0.1) is 32.4 Å². The van der Waals surface area contributed by atoms with Crippen LogP contribution >= 0.6 is 0 Å². The summed E-state index contributed by atoms with van der Waals surface area (Å²) in [7, 11) is -0.454. The molecule has 3 aliphatic rings. The van der Waals surface area contributed by atoms with Gasteiger partial charge in [0.2, 0.25) is 5.95 Å². The quantitative estimate of drug-likeness (QED) is 0.160. The molecule has 75 heavy (non-hydrogen) atoms. The first-order valence-electron chi connectivity index (χ1n) is 25.4. The fraction of sp³-hybridized carbons (Fsp3) is 0.279. The molecule has 0 bridgehead atoms. The number of rotatable bonds is 6. The Morgan fingerprint density at radius 1 is 0.533 bits per heavy atom. The molecular formula is C61H60BF2N9O2. The van der Waals surface area contributed by atoms with Crippen LogP contribution < -0.4 is 21.0 Å². The van der Waals surface area contributed by atoms with Crippen molar-refractivity contribution in [1.82, 2.24) is 29.9 Å². The van der Waals surface area contributed by atoms with E-state index in [1.54, 1.807) is 12.4 Å². The molecule has 4 aromatic carbocycles. The highest BCUT2D eigenvalue weighted by molar-refractivity contribution is 6.62. The number of nitrogens with zero attached hydrogens (tertiary/aromatic N) is 8. The van der Waals surface area contributed by atoms with E-state index < -0.39 is 18.3 Å². The average molecular weight is 1000 g/mol. The minimum atomic E-state index is -0.454. The molecule has 0 spiro atoms. The Labute approximate surface area is 437 Å². The molecule has 14 heteroatoms. The van der Waals surface area contributed by atoms with Gasteiger partial charge in [0.05, 0.1) is 62.1 Å². The van der Waals surface area contributed by atoms with Gasteiger partial charge in [0.15, 0.2) is 0 Å². The van der Waals surface area contributed by atoms with E-state index in [9.17, 15) is 8.78 Å². The highest BCUT2D eigenvalue weighted by Crippen LogP contribution is 2.51. The van der Waals surface area contributed by atoms with Crippen molar-refractivity contribution in [3.63, 3.8) is 0 Å². The SMILES string of the molecule is Cc1c(-c2ccccn2)nc2cc(F)ccc2c1N1CC(C)(C)c2ccc(B3OC(C)(C)C(C)(C)O3)cc21.Cc1cc(-c2ccc3c(c2)N(c2c(C)c(-c4ccccn4)nc4cc(F)ccc24)CC3(C)C)nc(N)n1. The Kier molecular flexibility index (Phi) is 11.9. The molecule has 0 amide bonds. The molecule has 0 radical (unpaired) electrons. The molecular weight excluding hydrogens is 940 g/mol. The van der Waals surface area contributed by atoms with Gasteiger partial charge >= 0.3 is 7.12 Å². The maximum atomic E-state index is 14.4. The minimum Gasteiger partial charge on any atom is -0.399 e. The van der Waals surface area contributed by atoms with Gasteiger partial charge in [0.25, 0.3) is 0 Å². The van der Waals surface area contributed by atoms with Crippen LogP contribution in [0.1, 0.15) is 83.3 Å². The van der Waals surface area contributed by atoms with Crippen LogP contribution in [0.5, 0.6) is 0 Å². The van der Waals surface area contributed by atoms with Crippen molar-refractivity contribution >= 4 is 63.1 Å². The number of hydrogen-bond acceptors (Lipinski definition) is 11. The predicted molar refractivity (Wildman–Crippen MR) is 298 cm³/mol. The first-order chi connectivity index (χ1) is 35.6. The van der Waals surface area contributed by atoms with E-state index >= 15 is 0 Å². The smallest absolute Gasteiger partial charge is 0.399 e. The molecule has 2 N–H and O–H groups in total. The molecule has 8 heterocycles. The van der Waals surface area contributed by atoms with Crippen molar-refractivity contribution in [3.05, 3.63) is 167 Å². The van der Waals surface area contributed by atoms with Gasteiger partial charge in [-0.2, -0.15) is 0 Å². The molecule has 0 unspecified atom stereocenters. The van der Waals surface area contributed by atoms with Gasteiger partial charge in [-0.3, -0.25) is 9.97 Å². The second kappa shape index (κ2) is 18.0. The van der Waals surface area contributed by atoms with Crippen LogP contribution in [-0.4, -0.2) is 61.3 Å². The molecule has 1 saturated heterocycles. The van der Waals surface area contributed by atoms with Crippen LogP contribution in [-0.2, 0) is 20.1 Å². The third kappa shape index (κ3) is 8.73. The van der Waals surface area contributed by atoms with Crippen molar-refractivity contribution in [2.45, 2.75) is 98.2 Å². The molecule has 3 aliphatic heterocycles. The van der Waals surface area contributed by atoms with Gasteiger partial charge in [0, 0.05) is 93.0 Å². The van der Waals surface area contributed by atoms with Gasteiger partial charge in [-0.25, -0.2) is 28.7 Å². The van der Waals surface area contributed by atoms with E-state index in [1.807, 2.05) is 61.5 Å². The fourth-order valence-corrected chi connectivity index (χ4v) is 11.1. The molecule has 378 valence electrons. The lowest BCUT2D eigenvalue weighted by Crippen LogP contribution is -2.41. The molecule has 0 saturated carbocycles. The lowest BCUT2D eigenvalue weighted by Gasteiger charge is -2.32. The van der Waals surface area contributed by atoms with E-state index in [-0.39, 0.29) is 28.4 Å². The average Bonchev–Trinajstić information content (AvgIpc) is 3.91. The van der Waals surface area contributed by atoms with Gasteiger partial charge in [-0.1, -0.05) is 64.1 Å². The number of nitrogen functional groups attached to an aromatic ring is 1. The third-order valence-electron chi connectivity index (χ3n) is 15.5. The first-order valence-corrected chi connectivity index (χ1v) is 25.4. The summed E-state index contributed by atoms with van der Waals surface area (Å²) in [5, 5.41) is 1.81. The number of aryl methyl sites for hydroxylation is 1. The molecule has 9 aromatic rings. The second-order valence-corrected chi connectivity index (χ2v) is 22.4. The van der Waals surface area contributed by atoms with Gasteiger partial charge in [-0.05, 0) is 132 Å². The normalized spacial score (nSPS) is 16.8. The number of halogens is 2. The van der Waals surface area contributed by atoms with Crippen molar-refractivity contribution < 1.29 is 18.1 Å². The van der Waals surface area contributed by atoms with E-state index in [0.29, 0.717) is 11.0 Å². The maximum Gasteiger partial charge on any atom is 0.494 e. The lowest BCUT2D eigenvalue weighted by molar-refractivity contribution is 0.00578.